The summed E-state index contributed by atoms with van der Waals surface area (Å²) in [5.74, 6) is -0.202. The second-order valence-electron chi connectivity index (χ2n) is 8.29. The molecule has 2 aromatic carbocycles. The molecule has 1 fully saturated rings. The summed E-state index contributed by atoms with van der Waals surface area (Å²) in [6.07, 6.45) is -0.920. The molecule has 1 amide bonds. The van der Waals surface area contributed by atoms with E-state index in [1.165, 1.54) is 30.2 Å². The zero-order chi connectivity index (χ0) is 24.5. The van der Waals surface area contributed by atoms with Crippen molar-refractivity contribution in [3.63, 3.8) is 0 Å². The minimum Gasteiger partial charge on any atom is -0.495 e. The molecule has 1 saturated heterocycles. The molecule has 2 heterocycles. The third kappa shape index (κ3) is 4.86. The maximum Gasteiger partial charge on any atom is 0.419 e. The number of nitrogens with zero attached hydrogens (tertiary/aromatic N) is 3. The quantitative estimate of drug-likeness (QED) is 0.586. The normalized spacial score (nSPS) is 18.2. The van der Waals surface area contributed by atoms with E-state index >= 15 is 0 Å². The van der Waals surface area contributed by atoms with E-state index in [0.717, 1.165) is 11.8 Å². The predicted octanol–water partition coefficient (Wildman–Crippen LogP) is 3.86. The summed E-state index contributed by atoms with van der Waals surface area (Å²) in [7, 11) is 1.50. The molecule has 3 aromatic rings. The minimum atomic E-state index is -4.57. The number of hydrogen-bond donors (Lipinski definition) is 1. The predicted molar refractivity (Wildman–Crippen MR) is 117 cm³/mol. The molecular formula is C24H24F3N3O4. The number of para-hydroxylation sites is 1. The number of likely N-dealkylation sites (tertiary alicyclic amines) is 1. The third-order valence-corrected chi connectivity index (χ3v) is 5.72. The topological polar surface area (TPSA) is 76.8 Å². The highest BCUT2D eigenvalue weighted by molar-refractivity contribution is 5.95. The number of halogens is 3. The van der Waals surface area contributed by atoms with Crippen LogP contribution in [-0.4, -0.2) is 57.9 Å². The molecule has 1 N–H and O–H groups in total. The molecule has 0 aliphatic carbocycles. The summed E-state index contributed by atoms with van der Waals surface area (Å²) in [5, 5.41) is 10.9. The SMILES string of the molecule is COc1cc(C(=O)N2CC[C@](O)(COc3ccccc3C(F)(F)F)C2)ccc1-n1cnc(C)c1. The number of hydrogen-bond acceptors (Lipinski definition) is 5. The monoisotopic (exact) mass is 475 g/mol. The fourth-order valence-corrected chi connectivity index (χ4v) is 3.95. The van der Waals surface area contributed by atoms with Crippen LogP contribution < -0.4 is 9.47 Å². The van der Waals surface area contributed by atoms with Crippen molar-refractivity contribution in [2.75, 3.05) is 26.8 Å². The average Bonchev–Trinajstić information content (AvgIpc) is 3.42. The van der Waals surface area contributed by atoms with Gasteiger partial charge in [-0.25, -0.2) is 4.98 Å². The van der Waals surface area contributed by atoms with Gasteiger partial charge in [0, 0.05) is 18.3 Å². The van der Waals surface area contributed by atoms with Gasteiger partial charge >= 0.3 is 6.18 Å². The molecule has 0 bridgehead atoms. The van der Waals surface area contributed by atoms with Crippen molar-refractivity contribution in [1.29, 1.82) is 0 Å². The van der Waals surface area contributed by atoms with Crippen LogP contribution in [0.3, 0.4) is 0 Å². The summed E-state index contributed by atoms with van der Waals surface area (Å²) in [6, 6.07) is 9.84. The van der Waals surface area contributed by atoms with E-state index in [9.17, 15) is 23.1 Å². The second-order valence-corrected chi connectivity index (χ2v) is 8.29. The Balaban J connectivity index is 1.45. The standard InChI is InChI=1S/C24H24F3N3O4/c1-16-12-30(15-28-16)19-8-7-17(11-21(19)33-2)22(31)29-10-9-23(32,13-29)14-34-20-6-4-3-5-18(20)24(25,26)27/h3-8,11-12,15,32H,9-10,13-14H2,1-2H3/t23-/m1/s1. The minimum absolute atomic E-state index is 0.0647. The highest BCUT2D eigenvalue weighted by atomic mass is 19.4. The number of ether oxygens (including phenoxy) is 2. The molecule has 4 rings (SSSR count). The second kappa shape index (κ2) is 9.02. The average molecular weight is 475 g/mol. The van der Waals surface area contributed by atoms with Gasteiger partial charge in [-0.15, -0.1) is 0 Å². The number of aliphatic hydroxyl groups is 1. The van der Waals surface area contributed by atoms with E-state index < -0.39 is 17.3 Å². The van der Waals surface area contributed by atoms with Gasteiger partial charge in [-0.3, -0.25) is 4.79 Å². The Kier molecular flexibility index (Phi) is 6.26. The summed E-state index contributed by atoms with van der Waals surface area (Å²) in [5.41, 5.74) is -0.463. The fourth-order valence-electron chi connectivity index (χ4n) is 3.95. The number of carbonyl (C=O) groups is 1. The van der Waals surface area contributed by atoms with E-state index in [0.29, 0.717) is 17.0 Å². The number of amides is 1. The van der Waals surface area contributed by atoms with Gasteiger partial charge < -0.3 is 24.0 Å². The molecule has 7 nitrogen and oxygen atoms in total. The Hall–Kier alpha value is -3.53. The summed E-state index contributed by atoms with van der Waals surface area (Å²) in [4.78, 5) is 18.7. The molecule has 10 heteroatoms. The van der Waals surface area contributed by atoms with Gasteiger partial charge in [0.05, 0.1) is 36.9 Å². The van der Waals surface area contributed by atoms with Gasteiger partial charge in [-0.1, -0.05) is 12.1 Å². The number of aromatic nitrogens is 2. The Bertz CT molecular complexity index is 1190. The molecule has 0 unspecified atom stereocenters. The molecule has 1 aliphatic heterocycles. The maximum absolute atomic E-state index is 13.2. The van der Waals surface area contributed by atoms with Crippen LogP contribution in [-0.2, 0) is 6.18 Å². The van der Waals surface area contributed by atoms with Gasteiger partial charge in [-0.05, 0) is 43.7 Å². The van der Waals surface area contributed by atoms with Crippen LogP contribution in [0.5, 0.6) is 11.5 Å². The zero-order valence-electron chi connectivity index (χ0n) is 18.7. The van der Waals surface area contributed by atoms with E-state index in [1.807, 2.05) is 13.1 Å². The van der Waals surface area contributed by atoms with Crippen molar-refractivity contribution >= 4 is 5.91 Å². The van der Waals surface area contributed by atoms with Gasteiger partial charge in [0.2, 0.25) is 0 Å². The third-order valence-electron chi connectivity index (χ3n) is 5.72. The van der Waals surface area contributed by atoms with E-state index in [-0.39, 0.29) is 37.8 Å². The molecule has 1 aromatic heterocycles. The Labute approximate surface area is 194 Å². The summed E-state index contributed by atoms with van der Waals surface area (Å²) < 4.78 is 52.2. The number of β-amino-alcohol motifs (C(OH)–C–C–N with tert-alkyl or cyclic N) is 1. The molecule has 34 heavy (non-hydrogen) atoms. The van der Waals surface area contributed by atoms with Crippen molar-refractivity contribution < 1.29 is 32.5 Å². The van der Waals surface area contributed by atoms with Crippen LogP contribution in [0.4, 0.5) is 13.2 Å². The molecule has 1 atom stereocenters. The van der Waals surface area contributed by atoms with Crippen molar-refractivity contribution in [2.45, 2.75) is 25.1 Å². The number of rotatable bonds is 6. The van der Waals surface area contributed by atoms with Crippen LogP contribution in [0, 0.1) is 6.92 Å². The first-order valence-corrected chi connectivity index (χ1v) is 10.6. The van der Waals surface area contributed by atoms with Crippen molar-refractivity contribution in [2.24, 2.45) is 0 Å². The lowest BCUT2D eigenvalue weighted by molar-refractivity contribution is -0.139. The Morgan fingerprint density at radius 3 is 2.65 bits per heavy atom. The molecular weight excluding hydrogens is 451 g/mol. The highest BCUT2D eigenvalue weighted by Gasteiger charge is 2.40. The molecule has 180 valence electrons. The van der Waals surface area contributed by atoms with Gasteiger partial charge in [0.25, 0.3) is 5.91 Å². The van der Waals surface area contributed by atoms with Gasteiger partial charge in [-0.2, -0.15) is 13.2 Å². The van der Waals surface area contributed by atoms with Crippen LogP contribution in [0.1, 0.15) is 28.0 Å². The maximum atomic E-state index is 13.2. The van der Waals surface area contributed by atoms with Crippen LogP contribution in [0.25, 0.3) is 5.69 Å². The molecule has 1 aliphatic rings. The number of benzene rings is 2. The molecule has 0 saturated carbocycles. The zero-order valence-corrected chi connectivity index (χ0v) is 18.7. The number of alkyl halides is 3. The van der Waals surface area contributed by atoms with Crippen LogP contribution in [0.15, 0.2) is 55.0 Å². The van der Waals surface area contributed by atoms with Gasteiger partial charge in [0.1, 0.15) is 23.7 Å². The Morgan fingerprint density at radius 2 is 1.97 bits per heavy atom. The lowest BCUT2D eigenvalue weighted by atomic mass is 10.1. The Morgan fingerprint density at radius 1 is 1.21 bits per heavy atom. The summed E-state index contributed by atoms with van der Waals surface area (Å²) in [6.45, 7) is 1.67. The van der Waals surface area contributed by atoms with Crippen LogP contribution in [0.2, 0.25) is 0 Å². The van der Waals surface area contributed by atoms with Crippen LogP contribution >= 0.6 is 0 Å². The number of methoxy groups -OCH3 is 1. The molecule has 0 spiro atoms. The number of carbonyl (C=O) groups excluding carboxylic acids is 1. The van der Waals surface area contributed by atoms with Crippen molar-refractivity contribution in [3.05, 3.63) is 71.8 Å². The van der Waals surface area contributed by atoms with E-state index in [2.05, 4.69) is 4.98 Å². The smallest absolute Gasteiger partial charge is 0.419 e. The van der Waals surface area contributed by atoms with E-state index in [1.54, 1.807) is 29.1 Å². The first-order valence-electron chi connectivity index (χ1n) is 10.6. The molecule has 0 radical (unpaired) electrons. The van der Waals surface area contributed by atoms with Crippen molar-refractivity contribution in [1.82, 2.24) is 14.5 Å². The lowest BCUT2D eigenvalue weighted by Crippen LogP contribution is -2.40. The number of imidazole rings is 1. The highest BCUT2D eigenvalue weighted by Crippen LogP contribution is 2.36. The van der Waals surface area contributed by atoms with Gasteiger partial charge in [0.15, 0.2) is 0 Å². The summed E-state index contributed by atoms with van der Waals surface area (Å²) >= 11 is 0. The fraction of sp³-hybridized carbons (Fsp3) is 0.333. The first-order chi connectivity index (χ1) is 16.1. The van der Waals surface area contributed by atoms with Crippen molar-refractivity contribution in [3.8, 4) is 17.2 Å². The number of aryl methyl sites for hydroxylation is 1. The lowest BCUT2D eigenvalue weighted by Gasteiger charge is -2.24. The van der Waals surface area contributed by atoms with E-state index in [4.69, 9.17) is 9.47 Å². The largest absolute Gasteiger partial charge is 0.495 e. The first kappa shape index (κ1) is 23.6.